The van der Waals surface area contributed by atoms with Gasteiger partial charge >= 0.3 is 6.18 Å². The zero-order chi connectivity index (χ0) is 13.3. The molecule has 3 nitrogen and oxygen atoms in total. The first-order valence-electron chi connectivity index (χ1n) is 4.98. The molecule has 0 atom stereocenters. The first-order valence-corrected chi connectivity index (χ1v) is 5.36. The van der Waals surface area contributed by atoms with Gasteiger partial charge in [0.15, 0.2) is 0 Å². The Morgan fingerprint density at radius 3 is 2.56 bits per heavy atom. The highest BCUT2D eigenvalue weighted by molar-refractivity contribution is 6.31. The molecule has 2 N–H and O–H groups in total. The lowest BCUT2D eigenvalue weighted by atomic mass is 10.2. The molecular weight excluding hydrogens is 269 g/mol. The number of carbonyl (C=O) groups is 1. The largest absolute Gasteiger partial charge is 0.417 e. The number of alkyl halides is 3. The number of anilines is 1. The Kier molecular flexibility index (Phi) is 3.21. The van der Waals surface area contributed by atoms with Gasteiger partial charge in [-0.05, 0) is 18.2 Å². The van der Waals surface area contributed by atoms with Crippen molar-refractivity contribution in [1.29, 1.82) is 0 Å². The fourth-order valence-electron chi connectivity index (χ4n) is 1.53. The molecule has 0 aromatic heterocycles. The first-order chi connectivity index (χ1) is 8.36. The fraction of sp³-hybridized carbons (Fsp3) is 0.182. The maximum atomic E-state index is 12.5. The Morgan fingerprint density at radius 2 is 2.06 bits per heavy atom. The number of carbonyl (C=O) groups excluding carboxylic acids is 1. The van der Waals surface area contributed by atoms with Crippen molar-refractivity contribution in [2.75, 3.05) is 11.9 Å². The summed E-state index contributed by atoms with van der Waals surface area (Å²) >= 11 is 5.57. The van der Waals surface area contributed by atoms with E-state index < -0.39 is 11.7 Å². The van der Waals surface area contributed by atoms with E-state index in [1.165, 1.54) is 18.2 Å². The molecule has 7 heteroatoms. The lowest BCUT2D eigenvalue weighted by Crippen LogP contribution is -2.16. The number of halogens is 4. The van der Waals surface area contributed by atoms with Crippen LogP contribution < -0.4 is 10.6 Å². The van der Waals surface area contributed by atoms with Crippen LogP contribution in [-0.4, -0.2) is 12.5 Å². The summed E-state index contributed by atoms with van der Waals surface area (Å²) in [5.74, 6) is -0.240. The van der Waals surface area contributed by atoms with Gasteiger partial charge in [-0.15, -0.1) is 0 Å². The molecule has 1 aliphatic heterocycles. The molecule has 1 amide bonds. The Bertz CT molecular complexity index is 526. The second kappa shape index (κ2) is 4.53. The van der Waals surface area contributed by atoms with Gasteiger partial charge in [0.25, 0.3) is 0 Å². The Balaban J connectivity index is 2.19. The van der Waals surface area contributed by atoms with Crippen LogP contribution in [0.2, 0.25) is 5.02 Å². The summed E-state index contributed by atoms with van der Waals surface area (Å²) in [6, 6.07) is 3.34. The van der Waals surface area contributed by atoms with E-state index in [4.69, 9.17) is 11.6 Å². The highest BCUT2D eigenvalue weighted by Gasteiger charge is 2.33. The third kappa shape index (κ3) is 2.76. The van der Waals surface area contributed by atoms with Crippen molar-refractivity contribution in [1.82, 2.24) is 5.32 Å². The number of amides is 1. The van der Waals surface area contributed by atoms with E-state index in [1.807, 2.05) is 0 Å². The minimum atomic E-state index is -4.47. The number of rotatable bonds is 2. The number of hydrogen-bond donors (Lipinski definition) is 2. The standard InChI is InChI=1S/C11H8ClF3N2O/c12-9-3-6(1-2-8(9)11(13,14)15)17-7-4-10(18)16-5-7/h1-4,17H,5H2,(H,16,18). The zero-order valence-corrected chi connectivity index (χ0v) is 9.69. The van der Waals surface area contributed by atoms with Crippen LogP contribution in [0.5, 0.6) is 0 Å². The molecule has 96 valence electrons. The zero-order valence-electron chi connectivity index (χ0n) is 8.94. The van der Waals surface area contributed by atoms with Gasteiger partial charge in [0, 0.05) is 17.5 Å². The molecule has 0 aliphatic carbocycles. The van der Waals surface area contributed by atoms with Gasteiger partial charge in [0.2, 0.25) is 5.91 Å². The van der Waals surface area contributed by atoms with Crippen LogP contribution in [0.4, 0.5) is 18.9 Å². The summed E-state index contributed by atoms with van der Waals surface area (Å²) in [6.45, 7) is 0.317. The predicted octanol–water partition coefficient (Wildman–Crippen LogP) is 2.78. The Hall–Kier alpha value is -1.69. The topological polar surface area (TPSA) is 41.1 Å². The van der Waals surface area contributed by atoms with Gasteiger partial charge in [-0.2, -0.15) is 13.2 Å². The van der Waals surface area contributed by atoms with E-state index in [2.05, 4.69) is 10.6 Å². The molecular formula is C11H8ClF3N2O. The Labute approximate surface area is 106 Å². The van der Waals surface area contributed by atoms with Crippen molar-refractivity contribution in [3.05, 3.63) is 40.6 Å². The molecule has 1 aromatic rings. The monoisotopic (exact) mass is 276 g/mol. The first kappa shape index (κ1) is 12.8. The minimum absolute atomic E-state index is 0.240. The van der Waals surface area contributed by atoms with Gasteiger partial charge < -0.3 is 10.6 Å². The third-order valence-electron chi connectivity index (χ3n) is 2.34. The Morgan fingerprint density at radius 1 is 1.33 bits per heavy atom. The van der Waals surface area contributed by atoms with E-state index in [-0.39, 0.29) is 10.9 Å². The minimum Gasteiger partial charge on any atom is -0.357 e. The van der Waals surface area contributed by atoms with E-state index in [9.17, 15) is 18.0 Å². The number of hydrogen-bond acceptors (Lipinski definition) is 2. The SMILES string of the molecule is O=C1C=C(Nc2ccc(C(F)(F)F)c(Cl)c2)CN1. The second-order valence-electron chi connectivity index (χ2n) is 3.70. The van der Waals surface area contributed by atoms with E-state index >= 15 is 0 Å². The molecule has 0 spiro atoms. The highest BCUT2D eigenvalue weighted by Crippen LogP contribution is 2.36. The van der Waals surface area contributed by atoms with Gasteiger partial charge in [-0.3, -0.25) is 4.79 Å². The van der Waals surface area contributed by atoms with Crippen LogP contribution in [0, 0.1) is 0 Å². The smallest absolute Gasteiger partial charge is 0.357 e. The van der Waals surface area contributed by atoms with Gasteiger partial charge in [0.05, 0.1) is 17.1 Å². The summed E-state index contributed by atoms with van der Waals surface area (Å²) in [7, 11) is 0. The molecule has 1 heterocycles. The molecule has 0 fully saturated rings. The van der Waals surface area contributed by atoms with E-state index in [1.54, 1.807) is 0 Å². The van der Waals surface area contributed by atoms with Crippen LogP contribution in [0.15, 0.2) is 30.0 Å². The lowest BCUT2D eigenvalue weighted by Gasteiger charge is -2.11. The van der Waals surface area contributed by atoms with Crippen LogP contribution >= 0.6 is 11.6 Å². The molecule has 2 rings (SSSR count). The van der Waals surface area contributed by atoms with E-state index in [0.29, 0.717) is 17.9 Å². The van der Waals surface area contributed by atoms with E-state index in [0.717, 1.165) is 6.07 Å². The normalized spacial score (nSPS) is 15.3. The predicted molar refractivity (Wildman–Crippen MR) is 61.2 cm³/mol. The summed E-state index contributed by atoms with van der Waals surface area (Å²) in [6.07, 6.45) is -3.13. The van der Waals surface area contributed by atoms with Crippen molar-refractivity contribution in [2.24, 2.45) is 0 Å². The molecule has 0 saturated heterocycles. The van der Waals surface area contributed by atoms with Crippen LogP contribution in [0.25, 0.3) is 0 Å². The van der Waals surface area contributed by atoms with Crippen molar-refractivity contribution in [3.63, 3.8) is 0 Å². The van der Waals surface area contributed by atoms with Crippen molar-refractivity contribution >= 4 is 23.2 Å². The van der Waals surface area contributed by atoms with Crippen molar-refractivity contribution in [2.45, 2.75) is 6.18 Å². The quantitative estimate of drug-likeness (QED) is 0.872. The maximum absolute atomic E-state index is 12.5. The lowest BCUT2D eigenvalue weighted by molar-refractivity contribution is -0.137. The molecule has 0 saturated carbocycles. The summed E-state index contributed by atoms with van der Waals surface area (Å²) in [5, 5.41) is 4.97. The molecule has 18 heavy (non-hydrogen) atoms. The van der Waals surface area contributed by atoms with Gasteiger partial charge in [-0.1, -0.05) is 11.6 Å². The highest BCUT2D eigenvalue weighted by atomic mass is 35.5. The summed E-state index contributed by atoms with van der Waals surface area (Å²) in [4.78, 5) is 10.9. The summed E-state index contributed by atoms with van der Waals surface area (Å²) < 4.78 is 37.4. The average molecular weight is 277 g/mol. The number of benzene rings is 1. The second-order valence-corrected chi connectivity index (χ2v) is 4.11. The van der Waals surface area contributed by atoms with Crippen molar-refractivity contribution in [3.8, 4) is 0 Å². The average Bonchev–Trinajstić information content (AvgIpc) is 2.62. The van der Waals surface area contributed by atoms with Crippen LogP contribution in [0.1, 0.15) is 5.56 Å². The molecule has 0 bridgehead atoms. The fourth-order valence-corrected chi connectivity index (χ4v) is 1.82. The molecule has 0 radical (unpaired) electrons. The van der Waals surface area contributed by atoms with Crippen LogP contribution in [0.3, 0.4) is 0 Å². The molecule has 1 aromatic carbocycles. The van der Waals surface area contributed by atoms with Crippen LogP contribution in [-0.2, 0) is 11.0 Å². The number of nitrogens with one attached hydrogen (secondary N) is 2. The van der Waals surface area contributed by atoms with Gasteiger partial charge in [-0.25, -0.2) is 0 Å². The maximum Gasteiger partial charge on any atom is 0.417 e. The van der Waals surface area contributed by atoms with Crippen molar-refractivity contribution < 1.29 is 18.0 Å². The van der Waals surface area contributed by atoms with Gasteiger partial charge in [0.1, 0.15) is 0 Å². The summed E-state index contributed by atoms with van der Waals surface area (Å²) in [5.41, 5.74) is 0.0934. The third-order valence-corrected chi connectivity index (χ3v) is 2.65. The molecule has 1 aliphatic rings. The molecule has 0 unspecified atom stereocenters.